The summed E-state index contributed by atoms with van der Waals surface area (Å²) >= 11 is 0. The third kappa shape index (κ3) is 4.30. The van der Waals surface area contributed by atoms with Crippen LogP contribution in [-0.4, -0.2) is 0 Å². The first-order chi connectivity index (χ1) is 23.5. The number of aryl methyl sites for hydroxylation is 1. The molecule has 0 fully saturated rings. The van der Waals surface area contributed by atoms with Crippen LogP contribution in [0.15, 0.2) is 164 Å². The summed E-state index contributed by atoms with van der Waals surface area (Å²) in [4.78, 5) is 0. The van der Waals surface area contributed by atoms with E-state index < -0.39 is 0 Å². The fraction of sp³-hybridized carbons (Fsp3) is 0.0833. The SMILES string of the molecule is Cc1ccc2c(-c3ccccc3-c3ccc(-c4ccccc4)cc3)c3ccccc3c(-c3cccc4c3-c3ccccc3C4(C)C)c2c1. The van der Waals surface area contributed by atoms with Crippen molar-refractivity contribution in [1.82, 2.24) is 0 Å². The maximum absolute atomic E-state index is 2.41. The average Bonchev–Trinajstić information content (AvgIpc) is 3.37. The molecule has 0 radical (unpaired) electrons. The molecule has 48 heavy (non-hydrogen) atoms. The van der Waals surface area contributed by atoms with Crippen molar-refractivity contribution in [2.75, 3.05) is 0 Å². The van der Waals surface area contributed by atoms with Crippen molar-refractivity contribution >= 4 is 21.5 Å². The van der Waals surface area contributed by atoms with Gasteiger partial charge < -0.3 is 0 Å². The Bertz CT molecular complexity index is 2510. The lowest BCUT2D eigenvalue weighted by Crippen LogP contribution is -2.14. The highest BCUT2D eigenvalue weighted by Gasteiger charge is 2.37. The number of fused-ring (bicyclic) bond motifs is 5. The molecule has 228 valence electrons. The average molecular weight is 613 g/mol. The van der Waals surface area contributed by atoms with Crippen molar-refractivity contribution < 1.29 is 0 Å². The largest absolute Gasteiger partial charge is 0.0622 e. The Labute approximate surface area is 283 Å². The van der Waals surface area contributed by atoms with Crippen LogP contribution >= 0.6 is 0 Å². The van der Waals surface area contributed by atoms with Gasteiger partial charge in [-0.25, -0.2) is 0 Å². The maximum Gasteiger partial charge on any atom is 0.0159 e. The van der Waals surface area contributed by atoms with Crippen LogP contribution in [0.5, 0.6) is 0 Å². The minimum absolute atomic E-state index is 0.0571. The van der Waals surface area contributed by atoms with Crippen LogP contribution in [0.3, 0.4) is 0 Å². The number of benzene rings is 8. The van der Waals surface area contributed by atoms with Crippen LogP contribution in [0.25, 0.3) is 77.2 Å². The normalized spacial score (nSPS) is 13.1. The smallest absolute Gasteiger partial charge is 0.0159 e. The van der Waals surface area contributed by atoms with Crippen molar-refractivity contribution in [3.05, 3.63) is 180 Å². The monoisotopic (exact) mass is 612 g/mol. The van der Waals surface area contributed by atoms with E-state index in [1.54, 1.807) is 0 Å². The van der Waals surface area contributed by atoms with Gasteiger partial charge in [0.05, 0.1) is 0 Å². The molecule has 1 aliphatic carbocycles. The summed E-state index contributed by atoms with van der Waals surface area (Å²) in [5, 5.41) is 5.15. The summed E-state index contributed by atoms with van der Waals surface area (Å²) in [6.07, 6.45) is 0. The second-order valence-corrected chi connectivity index (χ2v) is 13.7. The number of hydrogen-bond acceptors (Lipinski definition) is 0. The molecule has 8 aromatic rings. The highest BCUT2D eigenvalue weighted by molar-refractivity contribution is 6.23. The van der Waals surface area contributed by atoms with Crippen molar-refractivity contribution in [1.29, 1.82) is 0 Å². The minimum Gasteiger partial charge on any atom is -0.0622 e. The Morgan fingerprint density at radius 1 is 0.333 bits per heavy atom. The van der Waals surface area contributed by atoms with Gasteiger partial charge in [0.25, 0.3) is 0 Å². The van der Waals surface area contributed by atoms with E-state index in [0.29, 0.717) is 0 Å². The van der Waals surface area contributed by atoms with Gasteiger partial charge in [0.1, 0.15) is 0 Å². The maximum atomic E-state index is 2.41. The first-order valence-corrected chi connectivity index (χ1v) is 16.9. The molecule has 0 saturated carbocycles. The molecule has 0 aromatic heterocycles. The zero-order chi connectivity index (χ0) is 32.4. The summed E-state index contributed by atoms with van der Waals surface area (Å²) in [7, 11) is 0. The van der Waals surface area contributed by atoms with Gasteiger partial charge in [-0.1, -0.05) is 183 Å². The molecule has 9 rings (SSSR count). The summed E-state index contributed by atoms with van der Waals surface area (Å²) in [6, 6.07) is 60.6. The molecule has 0 atom stereocenters. The second kappa shape index (κ2) is 10.9. The molecule has 0 heterocycles. The van der Waals surface area contributed by atoms with Crippen LogP contribution in [0.2, 0.25) is 0 Å². The van der Waals surface area contributed by atoms with E-state index in [9.17, 15) is 0 Å². The Morgan fingerprint density at radius 2 is 0.854 bits per heavy atom. The molecule has 1 aliphatic rings. The number of hydrogen-bond donors (Lipinski definition) is 0. The van der Waals surface area contributed by atoms with Crippen LogP contribution in [0.1, 0.15) is 30.5 Å². The molecule has 0 amide bonds. The van der Waals surface area contributed by atoms with Gasteiger partial charge in [0, 0.05) is 5.41 Å². The first-order valence-electron chi connectivity index (χ1n) is 16.9. The molecule has 0 spiro atoms. The lowest BCUT2D eigenvalue weighted by Gasteiger charge is -2.23. The van der Waals surface area contributed by atoms with E-state index in [-0.39, 0.29) is 5.41 Å². The molecular weight excluding hydrogens is 577 g/mol. The highest BCUT2D eigenvalue weighted by atomic mass is 14.4. The van der Waals surface area contributed by atoms with Crippen LogP contribution in [-0.2, 0) is 5.41 Å². The molecule has 0 saturated heterocycles. The number of rotatable bonds is 4. The Kier molecular flexibility index (Phi) is 6.49. The topological polar surface area (TPSA) is 0 Å². The lowest BCUT2D eigenvalue weighted by molar-refractivity contribution is 0.660. The van der Waals surface area contributed by atoms with E-state index >= 15 is 0 Å². The minimum atomic E-state index is -0.0571. The third-order valence-electron chi connectivity index (χ3n) is 10.6. The zero-order valence-corrected chi connectivity index (χ0v) is 27.6. The standard InChI is InChI=1S/C48H36/c1-31-24-29-39-42(30-31)46(41-21-13-23-44-47(41)40-20-11-12-22-43(40)48(44,2)3)38-19-10-9-18-37(38)45(39)36-17-8-7-16-35(36)34-27-25-33(26-28-34)32-14-5-4-6-15-32/h4-30H,1-3H3. The van der Waals surface area contributed by atoms with E-state index in [1.807, 2.05) is 0 Å². The fourth-order valence-corrected chi connectivity index (χ4v) is 8.26. The summed E-state index contributed by atoms with van der Waals surface area (Å²) in [5.74, 6) is 0. The Morgan fingerprint density at radius 3 is 1.60 bits per heavy atom. The van der Waals surface area contributed by atoms with Gasteiger partial charge in [-0.2, -0.15) is 0 Å². The van der Waals surface area contributed by atoms with Crippen molar-refractivity contribution in [2.24, 2.45) is 0 Å². The predicted octanol–water partition coefficient (Wildman–Crippen LogP) is 13.3. The van der Waals surface area contributed by atoms with Crippen LogP contribution in [0.4, 0.5) is 0 Å². The van der Waals surface area contributed by atoms with Gasteiger partial charge in [0.2, 0.25) is 0 Å². The molecule has 0 aliphatic heterocycles. The van der Waals surface area contributed by atoms with E-state index in [0.717, 1.165) is 0 Å². The van der Waals surface area contributed by atoms with Crippen LogP contribution in [0, 0.1) is 6.92 Å². The van der Waals surface area contributed by atoms with Crippen LogP contribution < -0.4 is 0 Å². The summed E-state index contributed by atoms with van der Waals surface area (Å²) in [6.45, 7) is 6.95. The summed E-state index contributed by atoms with van der Waals surface area (Å²) in [5.41, 5.74) is 16.9. The van der Waals surface area contributed by atoms with Gasteiger partial charge in [-0.05, 0) is 95.2 Å². The van der Waals surface area contributed by atoms with Gasteiger partial charge in [-0.3, -0.25) is 0 Å². The molecule has 0 nitrogen and oxygen atoms in total. The van der Waals surface area contributed by atoms with Gasteiger partial charge in [0.15, 0.2) is 0 Å². The third-order valence-corrected chi connectivity index (χ3v) is 10.6. The quantitative estimate of drug-likeness (QED) is 0.173. The molecule has 8 aromatic carbocycles. The van der Waals surface area contributed by atoms with E-state index in [2.05, 4.69) is 185 Å². The zero-order valence-electron chi connectivity index (χ0n) is 27.6. The molecular formula is C48H36. The van der Waals surface area contributed by atoms with Gasteiger partial charge in [-0.15, -0.1) is 0 Å². The Hall–Kier alpha value is -5.72. The molecule has 0 N–H and O–H groups in total. The van der Waals surface area contributed by atoms with E-state index in [4.69, 9.17) is 0 Å². The lowest BCUT2D eigenvalue weighted by atomic mass is 9.80. The molecule has 0 heteroatoms. The molecule has 0 unspecified atom stereocenters. The van der Waals surface area contributed by atoms with Crippen molar-refractivity contribution in [2.45, 2.75) is 26.2 Å². The predicted molar refractivity (Wildman–Crippen MR) is 205 cm³/mol. The Balaban J connectivity index is 1.33. The highest BCUT2D eigenvalue weighted by Crippen LogP contribution is 2.54. The fourth-order valence-electron chi connectivity index (χ4n) is 8.26. The van der Waals surface area contributed by atoms with E-state index in [1.165, 1.54) is 93.9 Å². The summed E-state index contributed by atoms with van der Waals surface area (Å²) < 4.78 is 0. The van der Waals surface area contributed by atoms with Crippen molar-refractivity contribution in [3.8, 4) is 55.6 Å². The molecule has 0 bridgehead atoms. The van der Waals surface area contributed by atoms with Crippen molar-refractivity contribution in [3.63, 3.8) is 0 Å². The van der Waals surface area contributed by atoms with Gasteiger partial charge >= 0.3 is 0 Å². The second-order valence-electron chi connectivity index (χ2n) is 13.7. The first kappa shape index (κ1) is 28.5.